The zero-order chi connectivity index (χ0) is 21.8. The second kappa shape index (κ2) is 9.34. The van der Waals surface area contributed by atoms with E-state index in [2.05, 4.69) is 4.72 Å². The fourth-order valence-electron chi connectivity index (χ4n) is 3.16. The maximum Gasteiger partial charge on any atom is 0.243 e. The number of sulfonamides is 2. The predicted molar refractivity (Wildman–Crippen MR) is 113 cm³/mol. The monoisotopic (exact) mass is 454 g/mol. The van der Waals surface area contributed by atoms with Gasteiger partial charge in [-0.1, -0.05) is 19.9 Å². The normalized spacial score (nSPS) is 14.1. The molecule has 2 aromatic carbocycles. The van der Waals surface area contributed by atoms with Crippen LogP contribution in [0, 0.1) is 0 Å². The van der Waals surface area contributed by atoms with Crippen LogP contribution in [0.4, 0.5) is 0 Å². The van der Waals surface area contributed by atoms with E-state index < -0.39 is 20.0 Å². The predicted octanol–water partition coefficient (Wildman–Crippen LogP) is 2.01. The third-order valence-electron chi connectivity index (χ3n) is 4.79. The Morgan fingerprint density at radius 1 is 0.867 bits per heavy atom. The Bertz CT molecular complexity index is 1080. The molecule has 0 bridgehead atoms. The van der Waals surface area contributed by atoms with Crippen LogP contribution >= 0.6 is 0 Å². The fraction of sp³-hybridized carbons (Fsp3) is 0.400. The maximum absolute atomic E-state index is 12.5. The van der Waals surface area contributed by atoms with Crippen LogP contribution in [0.5, 0.6) is 11.5 Å². The van der Waals surface area contributed by atoms with Gasteiger partial charge >= 0.3 is 0 Å². The third kappa shape index (κ3) is 4.94. The number of hydrogen-bond acceptors (Lipinski definition) is 6. The average Bonchev–Trinajstić information content (AvgIpc) is 2.74. The number of nitrogens with zero attached hydrogens (tertiary/aromatic N) is 1. The Hall–Kier alpha value is -2.14. The van der Waals surface area contributed by atoms with Gasteiger partial charge in [0.05, 0.1) is 9.79 Å². The number of ether oxygens (including phenoxy) is 2. The molecule has 0 saturated carbocycles. The Balaban J connectivity index is 1.64. The molecule has 8 nitrogen and oxygen atoms in total. The van der Waals surface area contributed by atoms with E-state index in [0.29, 0.717) is 44.2 Å². The molecule has 10 heteroatoms. The van der Waals surface area contributed by atoms with Gasteiger partial charge in [-0.2, -0.15) is 4.31 Å². The Labute approximate surface area is 177 Å². The lowest BCUT2D eigenvalue weighted by Crippen LogP contribution is -2.30. The summed E-state index contributed by atoms with van der Waals surface area (Å²) in [6, 6.07) is 10.8. The lowest BCUT2D eigenvalue weighted by atomic mass is 10.1. The van der Waals surface area contributed by atoms with Crippen LogP contribution in [0.25, 0.3) is 0 Å². The van der Waals surface area contributed by atoms with Gasteiger partial charge in [0.15, 0.2) is 11.5 Å². The first-order valence-corrected chi connectivity index (χ1v) is 12.7. The van der Waals surface area contributed by atoms with Gasteiger partial charge in [0.25, 0.3) is 0 Å². The zero-order valence-corrected chi connectivity index (χ0v) is 18.6. The molecule has 1 aliphatic rings. The van der Waals surface area contributed by atoms with Crippen molar-refractivity contribution in [3.8, 4) is 11.5 Å². The standard InChI is InChI=1S/C20H26N2O6S2/c1-3-22(4-2)30(25,26)18-8-6-17(7-9-18)29(23,24)21-12-11-16-5-10-19-20(15-16)28-14-13-27-19/h5-10,15,21H,3-4,11-14H2,1-2H3. The van der Waals surface area contributed by atoms with Crippen molar-refractivity contribution in [3.63, 3.8) is 0 Å². The molecule has 0 unspecified atom stereocenters. The van der Waals surface area contributed by atoms with E-state index in [4.69, 9.17) is 9.47 Å². The molecule has 1 heterocycles. The van der Waals surface area contributed by atoms with Crippen LogP contribution in [0.2, 0.25) is 0 Å². The summed E-state index contributed by atoms with van der Waals surface area (Å²) in [7, 11) is -7.38. The van der Waals surface area contributed by atoms with E-state index >= 15 is 0 Å². The quantitative estimate of drug-likeness (QED) is 0.622. The Morgan fingerprint density at radius 3 is 2.10 bits per heavy atom. The number of benzene rings is 2. The van der Waals surface area contributed by atoms with Gasteiger partial charge in [-0.3, -0.25) is 0 Å². The molecule has 0 aliphatic carbocycles. The summed E-state index contributed by atoms with van der Waals surface area (Å²) in [5.41, 5.74) is 0.919. The molecule has 2 aromatic rings. The second-order valence-corrected chi connectivity index (χ2v) is 10.4. The second-order valence-electron chi connectivity index (χ2n) is 6.69. The van der Waals surface area contributed by atoms with Crippen molar-refractivity contribution < 1.29 is 26.3 Å². The molecular formula is C20H26N2O6S2. The Morgan fingerprint density at radius 2 is 1.47 bits per heavy atom. The van der Waals surface area contributed by atoms with Crippen molar-refractivity contribution in [3.05, 3.63) is 48.0 Å². The van der Waals surface area contributed by atoms with E-state index in [9.17, 15) is 16.8 Å². The smallest absolute Gasteiger partial charge is 0.243 e. The van der Waals surface area contributed by atoms with Gasteiger partial charge in [0.1, 0.15) is 13.2 Å². The Kier molecular flexibility index (Phi) is 7.02. The summed E-state index contributed by atoms with van der Waals surface area (Å²) in [6.07, 6.45) is 0.476. The van der Waals surface area contributed by atoms with Crippen molar-refractivity contribution >= 4 is 20.0 Å². The minimum absolute atomic E-state index is 0.0168. The molecule has 0 spiro atoms. The summed E-state index contributed by atoms with van der Waals surface area (Å²) in [4.78, 5) is 0.0876. The number of hydrogen-bond donors (Lipinski definition) is 1. The molecule has 0 radical (unpaired) electrons. The largest absolute Gasteiger partial charge is 0.486 e. The maximum atomic E-state index is 12.5. The summed E-state index contributed by atoms with van der Waals surface area (Å²) < 4.78 is 65.0. The SMILES string of the molecule is CCN(CC)S(=O)(=O)c1ccc(S(=O)(=O)NCCc2ccc3c(c2)OCCO3)cc1. The molecule has 164 valence electrons. The van der Waals surface area contributed by atoms with Crippen molar-refractivity contribution in [1.29, 1.82) is 0 Å². The molecule has 0 saturated heterocycles. The van der Waals surface area contributed by atoms with E-state index in [1.165, 1.54) is 28.6 Å². The van der Waals surface area contributed by atoms with E-state index in [1.54, 1.807) is 13.8 Å². The lowest BCUT2D eigenvalue weighted by Gasteiger charge is -2.19. The van der Waals surface area contributed by atoms with Crippen LogP contribution in [-0.2, 0) is 26.5 Å². The molecular weight excluding hydrogens is 428 g/mol. The third-order valence-corrected chi connectivity index (χ3v) is 8.33. The zero-order valence-electron chi connectivity index (χ0n) is 17.0. The molecule has 0 amide bonds. The van der Waals surface area contributed by atoms with Gasteiger partial charge in [-0.15, -0.1) is 0 Å². The minimum Gasteiger partial charge on any atom is -0.486 e. The van der Waals surface area contributed by atoms with Crippen molar-refractivity contribution in [2.24, 2.45) is 0 Å². The highest BCUT2D eigenvalue weighted by Gasteiger charge is 2.22. The molecule has 0 fully saturated rings. The fourth-order valence-corrected chi connectivity index (χ4v) is 5.65. The first kappa shape index (κ1) is 22.5. The van der Waals surface area contributed by atoms with Crippen LogP contribution in [-0.4, -0.2) is 54.0 Å². The van der Waals surface area contributed by atoms with Gasteiger partial charge in [-0.05, 0) is 48.4 Å². The van der Waals surface area contributed by atoms with Crippen molar-refractivity contribution in [1.82, 2.24) is 9.03 Å². The van der Waals surface area contributed by atoms with Crippen molar-refractivity contribution in [2.45, 2.75) is 30.1 Å². The van der Waals surface area contributed by atoms with E-state index in [0.717, 1.165) is 5.56 Å². The summed E-state index contributed by atoms with van der Waals surface area (Å²) >= 11 is 0. The molecule has 1 N–H and O–H groups in total. The van der Waals surface area contributed by atoms with Gasteiger partial charge in [0.2, 0.25) is 20.0 Å². The van der Waals surface area contributed by atoms with Gasteiger partial charge in [-0.25, -0.2) is 21.6 Å². The van der Waals surface area contributed by atoms with Gasteiger partial charge in [0, 0.05) is 19.6 Å². The van der Waals surface area contributed by atoms with Gasteiger partial charge < -0.3 is 9.47 Å². The molecule has 0 aromatic heterocycles. The van der Waals surface area contributed by atoms with Crippen LogP contribution in [0.3, 0.4) is 0 Å². The molecule has 3 rings (SSSR count). The highest BCUT2D eigenvalue weighted by Crippen LogP contribution is 2.30. The number of rotatable bonds is 9. The average molecular weight is 455 g/mol. The summed E-state index contributed by atoms with van der Waals surface area (Å²) in [6.45, 7) is 5.41. The highest BCUT2D eigenvalue weighted by atomic mass is 32.2. The summed E-state index contributed by atoms with van der Waals surface area (Å²) in [5, 5.41) is 0. The van der Waals surface area contributed by atoms with E-state index in [1.807, 2.05) is 18.2 Å². The van der Waals surface area contributed by atoms with Crippen LogP contribution in [0.1, 0.15) is 19.4 Å². The highest BCUT2D eigenvalue weighted by molar-refractivity contribution is 7.89. The number of nitrogens with one attached hydrogen (secondary N) is 1. The molecule has 0 atom stereocenters. The topological polar surface area (TPSA) is 102 Å². The first-order chi connectivity index (χ1) is 14.3. The van der Waals surface area contributed by atoms with Crippen molar-refractivity contribution in [2.75, 3.05) is 32.8 Å². The lowest BCUT2D eigenvalue weighted by molar-refractivity contribution is 0.171. The van der Waals surface area contributed by atoms with E-state index in [-0.39, 0.29) is 16.3 Å². The van der Waals surface area contributed by atoms with Crippen LogP contribution in [0.15, 0.2) is 52.3 Å². The molecule has 30 heavy (non-hydrogen) atoms. The molecule has 1 aliphatic heterocycles. The first-order valence-electron chi connectivity index (χ1n) is 9.76. The van der Waals surface area contributed by atoms with Crippen LogP contribution < -0.4 is 14.2 Å². The number of fused-ring (bicyclic) bond motifs is 1. The summed E-state index contributed by atoms with van der Waals surface area (Å²) in [5.74, 6) is 1.34. The minimum atomic E-state index is -3.76.